The van der Waals surface area contributed by atoms with Gasteiger partial charge in [-0.3, -0.25) is 0 Å². The van der Waals surface area contributed by atoms with E-state index in [0.29, 0.717) is 6.54 Å². The molecule has 0 atom stereocenters. The summed E-state index contributed by atoms with van der Waals surface area (Å²) < 4.78 is 0. The monoisotopic (exact) mass is 99.1 g/mol. The second-order valence-electron chi connectivity index (χ2n) is 0.866. The normalized spacial score (nSPS) is 7.00. The maximum atomic E-state index is 7.99. The summed E-state index contributed by atoms with van der Waals surface area (Å²) >= 11 is 0. The van der Waals surface area contributed by atoms with Crippen LogP contribution in [0.25, 0.3) is 0 Å². The van der Waals surface area contributed by atoms with Gasteiger partial charge < -0.3 is 10.8 Å². The van der Waals surface area contributed by atoms with Crippen LogP contribution in [0.15, 0.2) is 0 Å². The van der Waals surface area contributed by atoms with Gasteiger partial charge in [0.25, 0.3) is 0 Å². The quantitative estimate of drug-likeness (QED) is 0.422. The molecule has 0 aliphatic rings. The molecule has 0 aromatic rings. The van der Waals surface area contributed by atoms with Crippen LogP contribution in [0, 0.1) is 0 Å². The van der Waals surface area contributed by atoms with Crippen LogP contribution in [0.4, 0.5) is 0 Å². The number of hydrogen-bond acceptors (Lipinski definition) is 2. The second kappa shape index (κ2) is 9.33. The fourth-order valence-electron chi connectivity index (χ4n) is 0.0913. The fourth-order valence-corrected chi connectivity index (χ4v) is 0.0913. The molecule has 0 amide bonds. The van der Waals surface area contributed by atoms with Crippen LogP contribution in [0.3, 0.4) is 0 Å². The molecule has 0 heterocycles. The van der Waals surface area contributed by atoms with E-state index in [4.69, 9.17) is 10.8 Å². The Morgan fingerprint density at radius 3 is 2.00 bits per heavy atom. The molecule has 0 aliphatic heterocycles. The Morgan fingerprint density at radius 1 is 1.50 bits per heavy atom. The molecular weight excluding hydrogens is 89.0 g/mol. The molecule has 3 heteroatoms. The topological polar surface area (TPSA) is 46.2 Å². The van der Waals surface area contributed by atoms with E-state index in [2.05, 4.69) is 0 Å². The molecule has 0 aromatic heterocycles. The van der Waals surface area contributed by atoms with E-state index < -0.39 is 0 Å². The molecule has 0 unspecified atom stereocenters. The summed E-state index contributed by atoms with van der Waals surface area (Å²) in [7, 11) is 0. The van der Waals surface area contributed by atoms with Gasteiger partial charge in [0.05, 0.1) is 0 Å². The third-order valence-electron chi connectivity index (χ3n) is 0.362. The molecule has 0 bridgehead atoms. The van der Waals surface area contributed by atoms with Crippen molar-refractivity contribution in [3.63, 3.8) is 0 Å². The molecule has 34 valence electrons. The summed E-state index contributed by atoms with van der Waals surface area (Å²) in [6.07, 6.45) is 0.722. The third kappa shape index (κ3) is 8.87. The third-order valence-corrected chi connectivity index (χ3v) is 0.362. The molecule has 0 fully saturated rings. The van der Waals surface area contributed by atoms with Crippen molar-refractivity contribution >= 4 is 29.6 Å². The van der Waals surface area contributed by atoms with E-state index in [0.717, 1.165) is 6.42 Å². The Bertz CT molecular complexity index is 18.3. The zero-order valence-corrected chi connectivity index (χ0v) is 3.15. The average molecular weight is 99.1 g/mol. The first kappa shape index (κ1) is 10.0. The molecule has 0 aliphatic carbocycles. The van der Waals surface area contributed by atoms with Gasteiger partial charge in [-0.1, -0.05) is 0 Å². The first-order valence-corrected chi connectivity index (χ1v) is 1.72. The van der Waals surface area contributed by atoms with E-state index in [-0.39, 0.29) is 36.2 Å². The van der Waals surface area contributed by atoms with Crippen LogP contribution in [0.1, 0.15) is 6.42 Å². The van der Waals surface area contributed by atoms with Gasteiger partial charge in [0.1, 0.15) is 0 Å². The number of rotatable bonds is 2. The Hall–Kier alpha value is 0.920. The summed E-state index contributed by atoms with van der Waals surface area (Å²) in [5, 5.41) is 7.99. The predicted octanol–water partition coefficient (Wildman–Crippen LogP) is -1.32. The number of nitrogens with two attached hydrogens (primary N) is 1. The Kier molecular flexibility index (Phi) is 15.6. The summed E-state index contributed by atoms with van der Waals surface area (Å²) in [5.41, 5.74) is 4.98. The van der Waals surface area contributed by atoms with Crippen molar-refractivity contribution in [1.29, 1.82) is 0 Å². The molecule has 0 radical (unpaired) electrons. The van der Waals surface area contributed by atoms with Gasteiger partial charge in [-0.25, -0.2) is 0 Å². The number of aliphatic hydroxyl groups is 1. The van der Waals surface area contributed by atoms with Crippen LogP contribution < -0.4 is 5.73 Å². The summed E-state index contributed by atoms with van der Waals surface area (Å²) in [4.78, 5) is 0. The Morgan fingerprint density at radius 2 is 2.00 bits per heavy atom. The molecule has 0 rings (SSSR count). The van der Waals surface area contributed by atoms with E-state index in [1.54, 1.807) is 0 Å². The van der Waals surface area contributed by atoms with Crippen LogP contribution >= 0.6 is 0 Å². The van der Waals surface area contributed by atoms with Gasteiger partial charge >= 0.3 is 29.6 Å². The molecule has 0 saturated carbocycles. The van der Waals surface area contributed by atoms with E-state index in [9.17, 15) is 0 Å². The average Bonchev–Trinajstić information content (AvgIpc) is 1.41. The molecule has 3 N–H and O–H groups in total. The zero-order valence-electron chi connectivity index (χ0n) is 3.15. The zero-order chi connectivity index (χ0) is 4.12. The van der Waals surface area contributed by atoms with Crippen LogP contribution in [0.2, 0.25) is 0 Å². The first-order valence-electron chi connectivity index (χ1n) is 1.72. The number of hydrogen-bond donors (Lipinski definition) is 2. The van der Waals surface area contributed by atoms with Crippen molar-refractivity contribution < 1.29 is 5.11 Å². The summed E-state index contributed by atoms with van der Waals surface area (Å²) in [5.74, 6) is 0. The van der Waals surface area contributed by atoms with Crippen molar-refractivity contribution in [2.75, 3.05) is 13.2 Å². The van der Waals surface area contributed by atoms with Crippen LogP contribution in [-0.4, -0.2) is 47.8 Å². The minimum atomic E-state index is 0. The van der Waals surface area contributed by atoms with Crippen LogP contribution in [0.5, 0.6) is 0 Å². The summed E-state index contributed by atoms with van der Waals surface area (Å²) in [6.45, 7) is 0.812. The van der Waals surface area contributed by atoms with Crippen molar-refractivity contribution in [1.82, 2.24) is 0 Å². The molecule has 6 heavy (non-hydrogen) atoms. The van der Waals surface area contributed by atoms with E-state index in [1.165, 1.54) is 0 Å². The fraction of sp³-hybridized carbons (Fsp3) is 1.00. The summed E-state index contributed by atoms with van der Waals surface area (Å²) in [6, 6.07) is 0. The van der Waals surface area contributed by atoms with E-state index >= 15 is 0 Å². The Balaban J connectivity index is 0. The van der Waals surface area contributed by atoms with Crippen molar-refractivity contribution in [3.8, 4) is 0 Å². The molecular formula is C3H10NNaO. The van der Waals surface area contributed by atoms with E-state index in [1.807, 2.05) is 0 Å². The van der Waals surface area contributed by atoms with Gasteiger partial charge in [-0.2, -0.15) is 0 Å². The van der Waals surface area contributed by atoms with Gasteiger partial charge in [-0.15, -0.1) is 0 Å². The molecule has 0 saturated heterocycles. The van der Waals surface area contributed by atoms with Crippen molar-refractivity contribution in [2.24, 2.45) is 5.73 Å². The Labute approximate surface area is 60.0 Å². The molecule has 0 aromatic carbocycles. The van der Waals surface area contributed by atoms with Crippen molar-refractivity contribution in [2.45, 2.75) is 6.42 Å². The number of aliphatic hydroxyl groups excluding tert-OH is 1. The standard InChI is InChI=1S/C3H9NO.Na.H/c4-2-1-3-5;;/h5H,1-4H2;;. The maximum absolute atomic E-state index is 7.99. The van der Waals surface area contributed by atoms with Gasteiger partial charge in [0, 0.05) is 6.61 Å². The molecule has 2 nitrogen and oxygen atoms in total. The van der Waals surface area contributed by atoms with Crippen LogP contribution in [-0.2, 0) is 0 Å². The van der Waals surface area contributed by atoms with Gasteiger partial charge in [0.2, 0.25) is 0 Å². The predicted molar refractivity (Wildman–Crippen MR) is 27.9 cm³/mol. The first-order chi connectivity index (χ1) is 2.41. The van der Waals surface area contributed by atoms with Gasteiger partial charge in [0.15, 0.2) is 0 Å². The molecule has 0 spiro atoms. The SMILES string of the molecule is NCCCO.[NaH]. The second-order valence-corrected chi connectivity index (χ2v) is 0.866. The minimum absolute atomic E-state index is 0. The van der Waals surface area contributed by atoms with Gasteiger partial charge in [-0.05, 0) is 13.0 Å². The van der Waals surface area contributed by atoms with Crippen molar-refractivity contribution in [3.05, 3.63) is 0 Å².